The number of nitrogens with zero attached hydrogens (tertiary/aromatic N) is 1. The van der Waals surface area contributed by atoms with Gasteiger partial charge in [0.1, 0.15) is 5.75 Å². The first-order valence-corrected chi connectivity index (χ1v) is 8.83. The predicted octanol–water partition coefficient (Wildman–Crippen LogP) is 2.57. The van der Waals surface area contributed by atoms with Crippen LogP contribution in [0.3, 0.4) is 0 Å². The molecule has 1 aliphatic rings. The Balaban J connectivity index is 1.96. The minimum absolute atomic E-state index is 0.229. The molecular formula is C16H16N2O5S. The molecule has 8 heteroatoms. The second-order valence-corrected chi connectivity index (χ2v) is 7.18. The van der Waals surface area contributed by atoms with E-state index in [0.29, 0.717) is 6.42 Å². The van der Waals surface area contributed by atoms with Crippen molar-refractivity contribution in [2.24, 2.45) is 0 Å². The lowest BCUT2D eigenvalue weighted by Gasteiger charge is -2.15. The number of fused-ring (bicyclic) bond motifs is 1. The Morgan fingerprint density at radius 2 is 2.00 bits per heavy atom. The fourth-order valence-electron chi connectivity index (χ4n) is 2.92. The van der Waals surface area contributed by atoms with Crippen LogP contribution in [0.15, 0.2) is 47.4 Å². The summed E-state index contributed by atoms with van der Waals surface area (Å²) < 4.78 is 32.9. The summed E-state index contributed by atoms with van der Waals surface area (Å²) in [5.41, 5.74) is 1.50. The molecule has 0 spiro atoms. The Hall–Kier alpha value is -2.45. The van der Waals surface area contributed by atoms with E-state index in [4.69, 9.17) is 4.74 Å². The molecule has 1 atom stereocenters. The van der Waals surface area contributed by atoms with E-state index in [9.17, 15) is 18.5 Å². The van der Waals surface area contributed by atoms with Gasteiger partial charge in [0.25, 0.3) is 5.69 Å². The van der Waals surface area contributed by atoms with Crippen LogP contribution in [0.25, 0.3) is 0 Å². The molecule has 126 valence electrons. The van der Waals surface area contributed by atoms with Gasteiger partial charge in [0.05, 0.1) is 18.1 Å². The van der Waals surface area contributed by atoms with Gasteiger partial charge in [0, 0.05) is 6.04 Å². The molecule has 1 aliphatic carbocycles. The molecule has 0 heterocycles. The Morgan fingerprint density at radius 1 is 1.25 bits per heavy atom. The maximum atomic E-state index is 12.7. The van der Waals surface area contributed by atoms with Crippen molar-refractivity contribution in [2.45, 2.75) is 23.8 Å². The summed E-state index contributed by atoms with van der Waals surface area (Å²) in [6.07, 6.45) is 1.40. The number of ether oxygens (including phenoxy) is 1. The lowest BCUT2D eigenvalue weighted by molar-refractivity contribution is -0.387. The summed E-state index contributed by atoms with van der Waals surface area (Å²) >= 11 is 0. The Bertz CT molecular complexity index is 895. The summed E-state index contributed by atoms with van der Waals surface area (Å²) in [5.74, 6) is 0.229. The number of nitro benzene ring substituents is 1. The van der Waals surface area contributed by atoms with Crippen LogP contribution in [-0.2, 0) is 16.4 Å². The summed E-state index contributed by atoms with van der Waals surface area (Å²) in [4.78, 5) is 10.1. The van der Waals surface area contributed by atoms with Crippen molar-refractivity contribution in [1.82, 2.24) is 4.72 Å². The van der Waals surface area contributed by atoms with Crippen molar-refractivity contribution in [3.63, 3.8) is 0 Å². The summed E-state index contributed by atoms with van der Waals surface area (Å²) in [7, 11) is -2.67. The van der Waals surface area contributed by atoms with Crippen molar-refractivity contribution in [2.75, 3.05) is 7.11 Å². The van der Waals surface area contributed by atoms with Gasteiger partial charge in [-0.3, -0.25) is 10.1 Å². The van der Waals surface area contributed by atoms with Crippen LogP contribution in [0.2, 0.25) is 0 Å². The van der Waals surface area contributed by atoms with Gasteiger partial charge in [-0.1, -0.05) is 24.3 Å². The topological polar surface area (TPSA) is 98.5 Å². The highest BCUT2D eigenvalue weighted by Crippen LogP contribution is 2.34. The van der Waals surface area contributed by atoms with E-state index in [2.05, 4.69) is 4.72 Å². The highest BCUT2D eigenvalue weighted by atomic mass is 32.2. The minimum atomic E-state index is -4.03. The number of rotatable bonds is 5. The average Bonchev–Trinajstić information content (AvgIpc) is 2.97. The predicted molar refractivity (Wildman–Crippen MR) is 87.5 cm³/mol. The van der Waals surface area contributed by atoms with Gasteiger partial charge in [-0.25, -0.2) is 13.1 Å². The zero-order valence-corrected chi connectivity index (χ0v) is 13.7. The van der Waals surface area contributed by atoms with Crippen molar-refractivity contribution >= 4 is 15.7 Å². The van der Waals surface area contributed by atoms with Crippen molar-refractivity contribution in [3.8, 4) is 5.75 Å². The summed E-state index contributed by atoms with van der Waals surface area (Å²) in [6.45, 7) is 0. The van der Waals surface area contributed by atoms with Crippen LogP contribution in [0, 0.1) is 10.1 Å². The molecule has 1 N–H and O–H groups in total. The van der Waals surface area contributed by atoms with Gasteiger partial charge < -0.3 is 4.74 Å². The van der Waals surface area contributed by atoms with Gasteiger partial charge in [-0.2, -0.15) is 0 Å². The van der Waals surface area contributed by atoms with Crippen LogP contribution in [0.1, 0.15) is 23.6 Å². The van der Waals surface area contributed by atoms with E-state index in [-0.39, 0.29) is 16.7 Å². The molecule has 0 amide bonds. The van der Waals surface area contributed by atoms with Crippen LogP contribution >= 0.6 is 0 Å². The second kappa shape index (κ2) is 6.21. The normalized spacial score (nSPS) is 16.6. The van der Waals surface area contributed by atoms with Crippen molar-refractivity contribution in [3.05, 3.63) is 63.7 Å². The molecule has 7 nitrogen and oxygen atoms in total. The number of sulfonamides is 1. The molecule has 0 fully saturated rings. The highest BCUT2D eigenvalue weighted by Gasteiger charge is 2.31. The maximum Gasteiger partial charge on any atom is 0.293 e. The molecule has 24 heavy (non-hydrogen) atoms. The third kappa shape index (κ3) is 2.98. The third-order valence-electron chi connectivity index (χ3n) is 4.08. The molecule has 0 saturated heterocycles. The molecule has 2 aromatic rings. The van der Waals surface area contributed by atoms with Crippen molar-refractivity contribution in [1.29, 1.82) is 0 Å². The molecule has 0 saturated carbocycles. The first-order valence-electron chi connectivity index (χ1n) is 7.35. The van der Waals surface area contributed by atoms with Gasteiger partial charge in [0.15, 0.2) is 4.90 Å². The van der Waals surface area contributed by atoms with Crippen molar-refractivity contribution < 1.29 is 18.1 Å². The van der Waals surface area contributed by atoms with E-state index in [1.807, 2.05) is 24.3 Å². The molecule has 0 radical (unpaired) electrons. The third-order valence-corrected chi connectivity index (χ3v) is 5.60. The van der Waals surface area contributed by atoms with Crippen LogP contribution in [0.4, 0.5) is 5.69 Å². The standard InChI is InChI=1S/C16H16N2O5S/c1-23-12-7-9-16(15(10-12)18(19)20)24(21,22)17-14-8-6-11-4-2-3-5-13(11)14/h2-5,7,9-10,14,17H,6,8H2,1H3/t14-/m0/s1. The van der Waals surface area contributed by atoms with Gasteiger partial charge in [0.2, 0.25) is 10.0 Å². The van der Waals surface area contributed by atoms with Crippen LogP contribution in [-0.4, -0.2) is 20.5 Å². The Morgan fingerprint density at radius 3 is 2.71 bits per heavy atom. The highest BCUT2D eigenvalue weighted by molar-refractivity contribution is 7.89. The molecular weight excluding hydrogens is 332 g/mol. The number of nitro groups is 1. The van der Waals surface area contributed by atoms with E-state index in [0.717, 1.165) is 23.6 Å². The molecule has 0 aromatic heterocycles. The minimum Gasteiger partial charge on any atom is -0.497 e. The van der Waals surface area contributed by atoms with Gasteiger partial charge in [-0.05, 0) is 36.1 Å². The average molecular weight is 348 g/mol. The Labute approximate surface area is 139 Å². The first-order chi connectivity index (χ1) is 11.4. The number of methoxy groups -OCH3 is 1. The number of aryl methyl sites for hydroxylation is 1. The largest absolute Gasteiger partial charge is 0.497 e. The van der Waals surface area contributed by atoms with E-state index in [1.165, 1.54) is 19.2 Å². The van der Waals surface area contributed by atoms with E-state index in [1.54, 1.807) is 0 Å². The van der Waals surface area contributed by atoms with Crippen LogP contribution < -0.4 is 9.46 Å². The fraction of sp³-hybridized carbons (Fsp3) is 0.250. The van der Waals surface area contributed by atoms with E-state index < -0.39 is 20.6 Å². The maximum absolute atomic E-state index is 12.7. The zero-order valence-electron chi connectivity index (χ0n) is 12.9. The van der Waals surface area contributed by atoms with Gasteiger partial charge >= 0.3 is 0 Å². The fourth-order valence-corrected chi connectivity index (χ4v) is 4.33. The molecule has 0 aliphatic heterocycles. The zero-order chi connectivity index (χ0) is 17.3. The monoisotopic (exact) mass is 348 g/mol. The number of nitrogens with one attached hydrogen (secondary N) is 1. The second-order valence-electron chi connectivity index (χ2n) is 5.50. The molecule has 3 rings (SSSR count). The summed E-state index contributed by atoms with van der Waals surface area (Å²) in [5, 5.41) is 11.2. The van der Waals surface area contributed by atoms with E-state index >= 15 is 0 Å². The lowest BCUT2D eigenvalue weighted by Crippen LogP contribution is -2.28. The SMILES string of the molecule is COc1ccc(S(=O)(=O)N[C@H]2CCc3ccccc32)c([N+](=O)[O-])c1. The molecule has 2 aromatic carbocycles. The number of hydrogen-bond acceptors (Lipinski definition) is 5. The smallest absolute Gasteiger partial charge is 0.293 e. The lowest BCUT2D eigenvalue weighted by atomic mass is 10.1. The molecule has 0 unspecified atom stereocenters. The molecule has 0 bridgehead atoms. The van der Waals surface area contributed by atoms with Crippen LogP contribution in [0.5, 0.6) is 5.75 Å². The summed E-state index contributed by atoms with van der Waals surface area (Å²) in [6, 6.07) is 10.9. The van der Waals surface area contributed by atoms with Gasteiger partial charge in [-0.15, -0.1) is 0 Å². The number of hydrogen-bond donors (Lipinski definition) is 1. The first kappa shape index (κ1) is 16.4. The Kier molecular flexibility index (Phi) is 4.25. The number of benzene rings is 2. The quantitative estimate of drug-likeness (QED) is 0.661.